The molecule has 8 nitrogen and oxygen atoms in total. The third kappa shape index (κ3) is 5.35. The molecule has 0 radical (unpaired) electrons. The zero-order valence-corrected chi connectivity index (χ0v) is 20.9. The normalized spacial score (nSPS) is 18.7. The highest BCUT2D eigenvalue weighted by Gasteiger charge is 2.29. The minimum atomic E-state index is -3.59. The van der Waals surface area contributed by atoms with Crippen molar-refractivity contribution in [1.29, 1.82) is 0 Å². The van der Waals surface area contributed by atoms with E-state index in [9.17, 15) is 21.6 Å². The van der Waals surface area contributed by atoms with Crippen LogP contribution in [0.1, 0.15) is 43.0 Å². The molecule has 2 fully saturated rings. The van der Waals surface area contributed by atoms with Crippen LogP contribution in [0.2, 0.25) is 0 Å². The maximum atomic E-state index is 12.9. The summed E-state index contributed by atoms with van der Waals surface area (Å²) in [5, 5.41) is 3.00. The van der Waals surface area contributed by atoms with Crippen LogP contribution in [0.15, 0.2) is 58.3 Å². The Bertz CT molecular complexity index is 1230. The van der Waals surface area contributed by atoms with E-state index in [1.807, 2.05) is 0 Å². The van der Waals surface area contributed by atoms with Gasteiger partial charge in [-0.3, -0.25) is 4.79 Å². The minimum absolute atomic E-state index is 0.0384. The molecule has 184 valence electrons. The molecule has 10 heteroatoms. The fraction of sp³-hybridized carbons (Fsp3) is 0.458. The second kappa shape index (κ2) is 10.2. The molecule has 2 aliphatic heterocycles. The first-order chi connectivity index (χ1) is 16.2. The van der Waals surface area contributed by atoms with E-state index in [2.05, 4.69) is 12.2 Å². The molecular formula is C24H31N3O5S2. The number of nitrogens with one attached hydrogen (secondary N) is 1. The van der Waals surface area contributed by atoms with Gasteiger partial charge in [0.25, 0.3) is 0 Å². The van der Waals surface area contributed by atoms with Crippen LogP contribution in [0.4, 0.5) is 5.69 Å². The van der Waals surface area contributed by atoms with Gasteiger partial charge in [0.05, 0.1) is 16.3 Å². The van der Waals surface area contributed by atoms with Crippen molar-refractivity contribution in [2.45, 2.75) is 42.4 Å². The van der Waals surface area contributed by atoms with Crippen LogP contribution in [-0.4, -0.2) is 64.0 Å². The van der Waals surface area contributed by atoms with E-state index < -0.39 is 20.0 Å². The molecule has 34 heavy (non-hydrogen) atoms. The smallest absolute Gasteiger partial charge is 0.243 e. The monoisotopic (exact) mass is 505 g/mol. The van der Waals surface area contributed by atoms with Gasteiger partial charge < -0.3 is 5.32 Å². The summed E-state index contributed by atoms with van der Waals surface area (Å²) in [5.41, 5.74) is 0.923. The van der Waals surface area contributed by atoms with Crippen LogP contribution in [0.25, 0.3) is 0 Å². The Hall–Kier alpha value is -2.27. The van der Waals surface area contributed by atoms with E-state index >= 15 is 0 Å². The Labute approximate surface area is 202 Å². The molecule has 4 rings (SSSR count). The second-order valence-electron chi connectivity index (χ2n) is 9.03. The van der Waals surface area contributed by atoms with Crippen molar-refractivity contribution in [3.63, 3.8) is 0 Å². The lowest BCUT2D eigenvalue weighted by atomic mass is 10.0. The highest BCUT2D eigenvalue weighted by molar-refractivity contribution is 7.89. The molecule has 1 N–H and O–H groups in total. The van der Waals surface area contributed by atoms with Crippen LogP contribution in [0.5, 0.6) is 0 Å². The minimum Gasteiger partial charge on any atom is -0.378 e. The average Bonchev–Trinajstić information content (AvgIpc) is 3.39. The third-order valence-corrected chi connectivity index (χ3v) is 10.4. The lowest BCUT2D eigenvalue weighted by Gasteiger charge is -2.29. The highest BCUT2D eigenvalue weighted by atomic mass is 32.2. The summed E-state index contributed by atoms with van der Waals surface area (Å²) in [7, 11) is -7.12. The van der Waals surface area contributed by atoms with Crippen molar-refractivity contribution in [2.75, 3.05) is 38.0 Å². The van der Waals surface area contributed by atoms with Crippen LogP contribution in [-0.2, 0) is 20.0 Å². The van der Waals surface area contributed by atoms with Gasteiger partial charge in [0.15, 0.2) is 5.78 Å². The number of ketones is 1. The Morgan fingerprint density at radius 2 is 1.44 bits per heavy atom. The molecule has 0 saturated carbocycles. The lowest BCUT2D eigenvalue weighted by Crippen LogP contribution is -2.37. The predicted molar refractivity (Wildman–Crippen MR) is 131 cm³/mol. The van der Waals surface area contributed by atoms with E-state index in [-0.39, 0.29) is 22.1 Å². The number of rotatable bonds is 8. The van der Waals surface area contributed by atoms with Gasteiger partial charge in [-0.05, 0) is 68.0 Å². The zero-order valence-electron chi connectivity index (χ0n) is 19.3. The number of carbonyl (C=O) groups excluding carboxylic acids is 1. The van der Waals surface area contributed by atoms with Gasteiger partial charge in [-0.1, -0.05) is 19.1 Å². The number of hydrogen-bond acceptors (Lipinski definition) is 6. The van der Waals surface area contributed by atoms with Crippen LogP contribution in [0.3, 0.4) is 0 Å². The van der Waals surface area contributed by atoms with Crippen molar-refractivity contribution >= 4 is 31.5 Å². The van der Waals surface area contributed by atoms with E-state index in [0.717, 1.165) is 25.7 Å². The highest BCUT2D eigenvalue weighted by Crippen LogP contribution is 2.25. The van der Waals surface area contributed by atoms with Crippen LogP contribution >= 0.6 is 0 Å². The summed E-state index contributed by atoms with van der Waals surface area (Å²) >= 11 is 0. The van der Waals surface area contributed by atoms with E-state index in [4.69, 9.17) is 0 Å². The molecule has 2 aromatic rings. The molecule has 2 aromatic carbocycles. The Morgan fingerprint density at radius 1 is 0.853 bits per heavy atom. The molecule has 2 heterocycles. The number of anilines is 1. The molecular weight excluding hydrogens is 474 g/mol. The largest absolute Gasteiger partial charge is 0.378 e. The summed E-state index contributed by atoms with van der Waals surface area (Å²) in [4.78, 5) is 13.1. The van der Waals surface area contributed by atoms with E-state index in [1.54, 1.807) is 36.4 Å². The molecule has 0 amide bonds. The van der Waals surface area contributed by atoms with Gasteiger partial charge >= 0.3 is 0 Å². The van der Waals surface area contributed by atoms with Gasteiger partial charge in [0.2, 0.25) is 20.0 Å². The molecule has 0 bridgehead atoms. The average molecular weight is 506 g/mol. The first-order valence-corrected chi connectivity index (χ1v) is 14.5. The van der Waals surface area contributed by atoms with Crippen molar-refractivity contribution in [2.24, 2.45) is 5.92 Å². The van der Waals surface area contributed by atoms with Crippen molar-refractivity contribution < 1.29 is 21.6 Å². The van der Waals surface area contributed by atoms with Crippen molar-refractivity contribution in [3.8, 4) is 0 Å². The number of sulfonamides is 2. The first kappa shape index (κ1) is 24.8. The predicted octanol–water partition coefficient (Wildman–Crippen LogP) is 3.19. The third-order valence-electron chi connectivity index (χ3n) is 6.55. The summed E-state index contributed by atoms with van der Waals surface area (Å²) in [6.45, 7) is 4.17. The second-order valence-corrected chi connectivity index (χ2v) is 12.9. The summed E-state index contributed by atoms with van der Waals surface area (Å²) in [6.07, 6.45) is 3.42. The van der Waals surface area contributed by atoms with Crippen molar-refractivity contribution in [3.05, 3.63) is 54.1 Å². The molecule has 0 unspecified atom stereocenters. The maximum Gasteiger partial charge on any atom is 0.243 e. The van der Waals surface area contributed by atoms with Crippen molar-refractivity contribution in [1.82, 2.24) is 8.61 Å². The van der Waals surface area contributed by atoms with Gasteiger partial charge in [-0.25, -0.2) is 16.8 Å². The number of Topliss-reactive ketones (excluding diaryl/α,β-unsaturated/α-hetero) is 1. The quantitative estimate of drug-likeness (QED) is 0.553. The zero-order chi connectivity index (χ0) is 24.3. The van der Waals surface area contributed by atoms with E-state index in [0.29, 0.717) is 43.3 Å². The fourth-order valence-corrected chi connectivity index (χ4v) is 7.34. The first-order valence-electron chi connectivity index (χ1n) is 11.7. The van der Waals surface area contributed by atoms with Gasteiger partial charge in [0.1, 0.15) is 0 Å². The SMILES string of the molecule is CC1CCN(S(=O)(=O)c2ccc(NCC(=O)c3cccc(S(=O)(=O)N4CCCC4)c3)cc2)CC1. The Kier molecular flexibility index (Phi) is 7.42. The lowest BCUT2D eigenvalue weighted by molar-refractivity contribution is 0.101. The molecule has 0 atom stereocenters. The van der Waals surface area contributed by atoms with Crippen LogP contribution < -0.4 is 5.32 Å². The maximum absolute atomic E-state index is 12.9. The Balaban J connectivity index is 1.39. The molecule has 2 aliphatic rings. The number of carbonyl (C=O) groups is 1. The number of benzene rings is 2. The summed E-state index contributed by atoms with van der Waals surface area (Å²) in [6, 6.07) is 12.5. The van der Waals surface area contributed by atoms with Gasteiger partial charge in [0, 0.05) is 37.4 Å². The topological polar surface area (TPSA) is 104 Å². The summed E-state index contributed by atoms with van der Waals surface area (Å²) < 4.78 is 54.3. The Morgan fingerprint density at radius 3 is 2.09 bits per heavy atom. The molecule has 0 spiro atoms. The van der Waals surface area contributed by atoms with Gasteiger partial charge in [-0.15, -0.1) is 0 Å². The molecule has 2 saturated heterocycles. The number of nitrogens with zero attached hydrogens (tertiary/aromatic N) is 2. The molecule has 0 aliphatic carbocycles. The fourth-order valence-electron chi connectivity index (χ4n) is 4.31. The molecule has 0 aromatic heterocycles. The standard InChI is InChI=1S/C24H31N3O5S2/c1-19-11-15-27(16-12-19)33(29,30)22-9-7-21(8-10-22)25-18-24(28)20-5-4-6-23(17-20)34(31,32)26-13-2-3-14-26/h4-10,17,19,25H,2-3,11-16,18H2,1H3. The summed E-state index contributed by atoms with van der Waals surface area (Å²) in [5.74, 6) is 0.286. The van der Waals surface area contributed by atoms with Gasteiger partial charge in [-0.2, -0.15) is 8.61 Å². The number of piperidine rings is 1. The number of hydrogen-bond donors (Lipinski definition) is 1. The van der Waals surface area contributed by atoms with E-state index in [1.165, 1.54) is 20.7 Å². The van der Waals surface area contributed by atoms with Crippen LogP contribution in [0, 0.1) is 5.92 Å².